The second-order valence-corrected chi connectivity index (χ2v) is 13.6. The standard InChI is InChI=1S/C21H32NSi/c1-16-11-9-10-12-18(16)19-13-17(14-21(2,3)4)20(15-22(19)5)23(6,7)8/h9-13,15H,14H2,1-8H3/q+1/i14D2. The molecular formula is C21H32NSi+. The summed E-state index contributed by atoms with van der Waals surface area (Å²) in [6.45, 7) is 14.9. The summed E-state index contributed by atoms with van der Waals surface area (Å²) in [5.41, 5.74) is 3.84. The summed E-state index contributed by atoms with van der Waals surface area (Å²) in [5, 5.41) is 1.20. The van der Waals surface area contributed by atoms with Crippen molar-refractivity contribution in [2.45, 2.75) is 53.7 Å². The van der Waals surface area contributed by atoms with E-state index in [0.29, 0.717) is 0 Å². The fourth-order valence-electron chi connectivity index (χ4n) is 2.88. The van der Waals surface area contributed by atoms with Crippen LogP contribution in [0.15, 0.2) is 36.5 Å². The van der Waals surface area contributed by atoms with Gasteiger partial charge in [0.1, 0.15) is 7.05 Å². The van der Waals surface area contributed by atoms with Gasteiger partial charge in [0.25, 0.3) is 0 Å². The Labute approximate surface area is 146 Å². The van der Waals surface area contributed by atoms with Crippen LogP contribution in [0.1, 0.15) is 34.6 Å². The molecule has 124 valence electrons. The lowest BCUT2D eigenvalue weighted by atomic mass is 9.87. The number of hydrogen-bond acceptors (Lipinski definition) is 0. The van der Waals surface area contributed by atoms with E-state index in [2.05, 4.69) is 62.6 Å². The highest BCUT2D eigenvalue weighted by molar-refractivity contribution is 6.88. The summed E-state index contributed by atoms with van der Waals surface area (Å²) >= 11 is 0. The molecule has 2 aromatic rings. The van der Waals surface area contributed by atoms with Crippen LogP contribution in [0.2, 0.25) is 19.6 Å². The fraction of sp³-hybridized carbons (Fsp3) is 0.476. The molecule has 0 spiro atoms. The van der Waals surface area contributed by atoms with Crippen molar-refractivity contribution >= 4 is 13.3 Å². The first-order valence-corrected chi connectivity index (χ1v) is 11.9. The fourth-order valence-corrected chi connectivity index (χ4v) is 4.41. The molecule has 0 bridgehead atoms. The molecule has 2 heteroatoms. The van der Waals surface area contributed by atoms with Gasteiger partial charge >= 0.3 is 0 Å². The van der Waals surface area contributed by atoms with Crippen LogP contribution in [0.5, 0.6) is 0 Å². The third-order valence-corrected chi connectivity index (χ3v) is 6.03. The number of rotatable bonds is 3. The monoisotopic (exact) mass is 328 g/mol. The van der Waals surface area contributed by atoms with Crippen LogP contribution in [0.25, 0.3) is 11.3 Å². The number of hydrogen-bond donors (Lipinski definition) is 0. The lowest BCUT2D eigenvalue weighted by Gasteiger charge is -2.25. The molecule has 0 unspecified atom stereocenters. The predicted octanol–water partition coefficient (Wildman–Crippen LogP) is 4.62. The molecule has 0 amide bonds. The molecule has 2 rings (SSSR count). The Morgan fingerprint density at radius 2 is 1.74 bits per heavy atom. The van der Waals surface area contributed by atoms with Gasteiger partial charge in [0.15, 0.2) is 6.20 Å². The average molecular weight is 329 g/mol. The zero-order chi connectivity index (χ0) is 19.2. The molecule has 0 aliphatic carbocycles. The van der Waals surface area contributed by atoms with E-state index in [9.17, 15) is 0 Å². The Balaban J connectivity index is 2.85. The Morgan fingerprint density at radius 3 is 2.26 bits per heavy atom. The van der Waals surface area contributed by atoms with Gasteiger partial charge in [-0.1, -0.05) is 58.6 Å². The number of pyridine rings is 1. The van der Waals surface area contributed by atoms with E-state index in [1.54, 1.807) is 0 Å². The van der Waals surface area contributed by atoms with Crippen molar-refractivity contribution in [3.63, 3.8) is 0 Å². The Kier molecular flexibility index (Phi) is 4.10. The summed E-state index contributed by atoms with van der Waals surface area (Å²) in [4.78, 5) is 0. The van der Waals surface area contributed by atoms with Crippen molar-refractivity contribution in [1.82, 2.24) is 0 Å². The first-order valence-electron chi connectivity index (χ1n) is 9.37. The molecule has 1 aromatic carbocycles. The molecule has 0 saturated heterocycles. The van der Waals surface area contributed by atoms with E-state index in [1.165, 1.54) is 10.8 Å². The number of aromatic nitrogens is 1. The molecule has 0 saturated carbocycles. The molecule has 0 aliphatic rings. The second-order valence-electron chi connectivity index (χ2n) is 8.54. The van der Waals surface area contributed by atoms with Crippen molar-refractivity contribution in [2.24, 2.45) is 12.5 Å². The van der Waals surface area contributed by atoms with Crippen molar-refractivity contribution in [3.8, 4) is 11.3 Å². The van der Waals surface area contributed by atoms with Crippen molar-refractivity contribution in [3.05, 3.63) is 47.7 Å². The highest BCUT2D eigenvalue weighted by Gasteiger charge is 2.28. The maximum absolute atomic E-state index is 8.90. The normalized spacial score (nSPS) is 14.4. The van der Waals surface area contributed by atoms with Crippen LogP contribution in [0.4, 0.5) is 0 Å². The van der Waals surface area contributed by atoms with E-state index in [1.807, 2.05) is 32.9 Å². The smallest absolute Gasteiger partial charge is 0.201 e. The number of nitrogens with zero attached hydrogens (tertiary/aromatic N) is 1. The zero-order valence-electron chi connectivity index (χ0n) is 17.9. The van der Waals surface area contributed by atoms with E-state index in [4.69, 9.17) is 2.74 Å². The van der Waals surface area contributed by atoms with Crippen molar-refractivity contribution in [1.29, 1.82) is 0 Å². The molecule has 0 fully saturated rings. The van der Waals surface area contributed by atoms with Gasteiger partial charge < -0.3 is 0 Å². The minimum Gasteiger partial charge on any atom is -0.201 e. The van der Waals surface area contributed by atoms with Gasteiger partial charge in [0.2, 0.25) is 5.69 Å². The third kappa shape index (κ3) is 4.32. The Hall–Kier alpha value is -1.41. The SMILES string of the molecule is [2H]C([2H])(c1cc(-c2ccccc2C)[n+](C)cc1[Si](C)(C)C)C(C)(C)C. The lowest BCUT2D eigenvalue weighted by Crippen LogP contribution is -2.47. The number of aryl methyl sites for hydroxylation is 2. The summed E-state index contributed by atoms with van der Waals surface area (Å²) in [7, 11) is 0.375. The quantitative estimate of drug-likeness (QED) is 0.572. The lowest BCUT2D eigenvalue weighted by molar-refractivity contribution is -0.659. The molecule has 1 nitrogen and oxygen atoms in total. The van der Waals surface area contributed by atoms with Gasteiger partial charge in [0, 0.05) is 19.6 Å². The van der Waals surface area contributed by atoms with Crippen LogP contribution in [0.3, 0.4) is 0 Å². The molecule has 0 radical (unpaired) electrons. The highest BCUT2D eigenvalue weighted by Crippen LogP contribution is 2.25. The van der Waals surface area contributed by atoms with Gasteiger partial charge in [-0.2, -0.15) is 0 Å². The predicted molar refractivity (Wildman–Crippen MR) is 104 cm³/mol. The molecule has 23 heavy (non-hydrogen) atoms. The van der Waals surface area contributed by atoms with Crippen LogP contribution >= 0.6 is 0 Å². The van der Waals surface area contributed by atoms with Gasteiger partial charge in [-0.15, -0.1) is 0 Å². The van der Waals surface area contributed by atoms with Crippen LogP contribution in [-0.4, -0.2) is 8.07 Å². The van der Waals surface area contributed by atoms with E-state index >= 15 is 0 Å². The first kappa shape index (κ1) is 15.1. The summed E-state index contributed by atoms with van der Waals surface area (Å²) in [5.74, 6) is 0. The minimum atomic E-state index is -1.70. The maximum atomic E-state index is 8.90. The Bertz CT molecular complexity index is 783. The third-order valence-electron chi connectivity index (χ3n) is 4.01. The zero-order valence-corrected chi connectivity index (χ0v) is 16.9. The van der Waals surface area contributed by atoms with E-state index < -0.39 is 19.9 Å². The largest absolute Gasteiger partial charge is 0.212 e. The molecule has 0 atom stereocenters. The molecule has 0 aliphatic heterocycles. The highest BCUT2D eigenvalue weighted by atomic mass is 28.3. The minimum absolute atomic E-state index is 0.468. The van der Waals surface area contributed by atoms with Gasteiger partial charge in [-0.05, 0) is 35.9 Å². The summed E-state index contributed by atoms with van der Waals surface area (Å²) < 4.78 is 20.0. The first-order chi connectivity index (χ1) is 11.3. The molecule has 1 heterocycles. The second kappa shape index (κ2) is 6.24. The van der Waals surface area contributed by atoms with Crippen LogP contribution in [0, 0.1) is 12.3 Å². The summed E-state index contributed by atoms with van der Waals surface area (Å²) in [6.07, 6.45) is 0.779. The van der Waals surface area contributed by atoms with Crippen molar-refractivity contribution in [2.75, 3.05) is 0 Å². The van der Waals surface area contributed by atoms with Gasteiger partial charge in [-0.25, -0.2) is 4.57 Å². The van der Waals surface area contributed by atoms with Crippen molar-refractivity contribution < 1.29 is 7.31 Å². The van der Waals surface area contributed by atoms with E-state index in [0.717, 1.165) is 16.8 Å². The topological polar surface area (TPSA) is 3.88 Å². The molecular weight excluding hydrogens is 294 g/mol. The molecule has 0 N–H and O–H groups in total. The summed E-state index contributed by atoms with van der Waals surface area (Å²) in [6, 6.07) is 10.4. The van der Waals surface area contributed by atoms with Gasteiger partial charge in [-0.3, -0.25) is 0 Å². The Morgan fingerprint density at radius 1 is 1.13 bits per heavy atom. The number of benzene rings is 1. The van der Waals surface area contributed by atoms with E-state index in [-0.39, 0.29) is 0 Å². The maximum Gasteiger partial charge on any atom is 0.212 e. The van der Waals surface area contributed by atoms with Crippen LogP contribution in [-0.2, 0) is 13.4 Å². The van der Waals surface area contributed by atoms with Gasteiger partial charge in [0.05, 0.1) is 8.07 Å². The van der Waals surface area contributed by atoms with Crippen LogP contribution < -0.4 is 9.75 Å². The molecule has 1 aromatic heterocycles. The average Bonchev–Trinajstić information content (AvgIpc) is 2.45.